The van der Waals surface area contributed by atoms with E-state index in [1.54, 1.807) is 0 Å². The molecule has 0 aliphatic heterocycles. The van der Waals surface area contributed by atoms with E-state index in [4.69, 9.17) is 19.4 Å². The maximum absolute atomic E-state index is 6.87. The van der Waals surface area contributed by atoms with Crippen LogP contribution in [0.5, 0.6) is 0 Å². The Kier molecular flexibility index (Phi) is 6.79. The molecule has 0 bridgehead atoms. The quantitative estimate of drug-likeness (QED) is 0.180. The summed E-state index contributed by atoms with van der Waals surface area (Å²) in [5.74, 6) is 1.76. The van der Waals surface area contributed by atoms with Crippen molar-refractivity contribution in [3.63, 3.8) is 0 Å². The highest BCUT2D eigenvalue weighted by Crippen LogP contribution is 2.43. The number of benzene rings is 8. The maximum atomic E-state index is 6.87. The molecule has 0 amide bonds. The van der Waals surface area contributed by atoms with Crippen molar-refractivity contribution in [3.8, 4) is 51.0 Å². The van der Waals surface area contributed by atoms with Gasteiger partial charge in [-0.3, -0.25) is 0 Å². The van der Waals surface area contributed by atoms with Gasteiger partial charge in [0.05, 0.1) is 11.0 Å². The minimum atomic E-state index is 0.561. The van der Waals surface area contributed by atoms with Gasteiger partial charge in [0.15, 0.2) is 23.1 Å². The van der Waals surface area contributed by atoms with Crippen molar-refractivity contribution >= 4 is 54.5 Å². The lowest BCUT2D eigenvalue weighted by Crippen LogP contribution is -2.04. The topological polar surface area (TPSA) is 56.7 Å². The van der Waals surface area contributed by atoms with Crippen LogP contribution in [0.3, 0.4) is 0 Å². The zero-order chi connectivity index (χ0) is 35.6. The molecule has 11 rings (SSSR count). The number of hydrogen-bond acceptors (Lipinski definition) is 4. The number of rotatable bonds is 5. The molecule has 0 unspecified atom stereocenters. The van der Waals surface area contributed by atoms with Crippen molar-refractivity contribution in [2.75, 3.05) is 0 Å². The molecule has 252 valence electrons. The second-order valence-electron chi connectivity index (χ2n) is 13.6. The number of nitrogens with zero attached hydrogens (tertiary/aromatic N) is 4. The number of aromatic nitrogens is 4. The minimum absolute atomic E-state index is 0.561. The maximum Gasteiger partial charge on any atom is 0.166 e. The highest BCUT2D eigenvalue weighted by atomic mass is 16.3. The van der Waals surface area contributed by atoms with Crippen LogP contribution in [0.4, 0.5) is 0 Å². The monoisotopic (exact) mass is 690 g/mol. The first kappa shape index (κ1) is 30.3. The zero-order valence-corrected chi connectivity index (χ0v) is 29.0. The van der Waals surface area contributed by atoms with Crippen LogP contribution < -0.4 is 0 Å². The molecule has 3 heterocycles. The van der Waals surface area contributed by atoms with Gasteiger partial charge in [0.1, 0.15) is 11.3 Å². The number of furan rings is 1. The molecule has 0 saturated heterocycles. The first-order valence-electron chi connectivity index (χ1n) is 18.1. The molecule has 0 atom stereocenters. The van der Waals surface area contributed by atoms with Gasteiger partial charge in [-0.2, -0.15) is 0 Å². The lowest BCUT2D eigenvalue weighted by atomic mass is 9.99. The van der Waals surface area contributed by atoms with E-state index in [-0.39, 0.29) is 0 Å². The van der Waals surface area contributed by atoms with Crippen LogP contribution in [-0.4, -0.2) is 19.5 Å². The molecule has 0 saturated carbocycles. The molecule has 8 aromatic carbocycles. The predicted octanol–water partition coefficient (Wildman–Crippen LogP) is 12.7. The molecule has 0 spiro atoms. The Morgan fingerprint density at radius 3 is 1.76 bits per heavy atom. The lowest BCUT2D eigenvalue weighted by molar-refractivity contribution is 0.666. The fourth-order valence-corrected chi connectivity index (χ4v) is 7.95. The van der Waals surface area contributed by atoms with Gasteiger partial charge in [-0.15, -0.1) is 0 Å². The van der Waals surface area contributed by atoms with Crippen molar-refractivity contribution in [2.24, 2.45) is 0 Å². The molecular weight excluding hydrogens is 661 g/mol. The molecule has 5 nitrogen and oxygen atoms in total. The van der Waals surface area contributed by atoms with Crippen LogP contribution in [0.2, 0.25) is 0 Å². The minimum Gasteiger partial charge on any atom is -0.454 e. The smallest absolute Gasteiger partial charge is 0.166 e. The SMILES string of the molecule is c1ccc(-c2nc(-c3ccccc3-c3ccccc3)nc(-c3ccc4c(oc5ccccc54)c3-n3c4ccccc4c4cc5ccccc5cc43)n2)cc1. The van der Waals surface area contributed by atoms with Crippen molar-refractivity contribution in [1.82, 2.24) is 19.5 Å². The fraction of sp³-hybridized carbons (Fsp3) is 0. The Hall–Kier alpha value is -7.37. The molecule has 0 N–H and O–H groups in total. The summed E-state index contributed by atoms with van der Waals surface area (Å²) in [5.41, 5.74) is 9.48. The van der Waals surface area contributed by atoms with Gasteiger partial charge in [0, 0.05) is 38.2 Å². The second kappa shape index (κ2) is 12.1. The Balaban J connectivity index is 1.27. The first-order chi connectivity index (χ1) is 26.8. The van der Waals surface area contributed by atoms with Crippen molar-refractivity contribution in [3.05, 3.63) is 182 Å². The van der Waals surface area contributed by atoms with E-state index >= 15 is 0 Å². The highest BCUT2D eigenvalue weighted by Gasteiger charge is 2.25. The average Bonchev–Trinajstić information content (AvgIpc) is 3.78. The standard InChI is InChI=1S/C49H30N4O/c1-3-15-31(16-4-1)35-21-9-10-24-39(35)48-50-47(32-17-5-2-6-18-32)51-49(52-48)40-28-27-38-37-23-12-14-26-44(37)54-46(38)45(40)53-42-25-13-11-22-36(42)41-29-33-19-7-8-20-34(33)30-43(41)53/h1-30H. The van der Waals surface area contributed by atoms with Gasteiger partial charge in [-0.05, 0) is 58.3 Å². The zero-order valence-electron chi connectivity index (χ0n) is 29.0. The molecule has 54 heavy (non-hydrogen) atoms. The van der Waals surface area contributed by atoms with Gasteiger partial charge in [-0.25, -0.2) is 15.0 Å². The van der Waals surface area contributed by atoms with E-state index in [0.29, 0.717) is 17.5 Å². The van der Waals surface area contributed by atoms with E-state index < -0.39 is 0 Å². The summed E-state index contributed by atoms with van der Waals surface area (Å²) in [6.45, 7) is 0. The second-order valence-corrected chi connectivity index (χ2v) is 13.6. The van der Waals surface area contributed by atoms with Crippen LogP contribution in [-0.2, 0) is 0 Å². The summed E-state index contributed by atoms with van der Waals surface area (Å²) >= 11 is 0. The molecule has 0 aliphatic carbocycles. The summed E-state index contributed by atoms with van der Waals surface area (Å²) in [4.78, 5) is 15.8. The number of para-hydroxylation sites is 2. The third-order valence-corrected chi connectivity index (χ3v) is 10.4. The summed E-state index contributed by atoms with van der Waals surface area (Å²) in [7, 11) is 0. The highest BCUT2D eigenvalue weighted by molar-refractivity contribution is 6.16. The van der Waals surface area contributed by atoms with Crippen LogP contribution in [0.25, 0.3) is 105 Å². The molecule has 0 fully saturated rings. The third kappa shape index (κ3) is 4.76. The van der Waals surface area contributed by atoms with E-state index in [1.165, 1.54) is 16.2 Å². The molecule has 3 aromatic heterocycles. The van der Waals surface area contributed by atoms with Gasteiger partial charge in [0.2, 0.25) is 0 Å². The van der Waals surface area contributed by atoms with Crippen LogP contribution in [0.1, 0.15) is 0 Å². The Morgan fingerprint density at radius 2 is 0.963 bits per heavy atom. The normalized spacial score (nSPS) is 11.7. The van der Waals surface area contributed by atoms with Gasteiger partial charge in [0.25, 0.3) is 0 Å². The fourth-order valence-electron chi connectivity index (χ4n) is 7.95. The Bertz CT molecular complexity index is 3220. The lowest BCUT2D eigenvalue weighted by Gasteiger charge is -2.16. The van der Waals surface area contributed by atoms with Crippen LogP contribution >= 0.6 is 0 Å². The van der Waals surface area contributed by atoms with Gasteiger partial charge >= 0.3 is 0 Å². The van der Waals surface area contributed by atoms with Crippen molar-refractivity contribution < 1.29 is 4.42 Å². The number of fused-ring (bicyclic) bond motifs is 7. The van der Waals surface area contributed by atoms with E-state index in [1.807, 2.05) is 54.6 Å². The van der Waals surface area contributed by atoms with Gasteiger partial charge in [-0.1, -0.05) is 146 Å². The van der Waals surface area contributed by atoms with Crippen LogP contribution in [0, 0.1) is 0 Å². The summed E-state index contributed by atoms with van der Waals surface area (Å²) in [5, 5.41) is 6.78. The van der Waals surface area contributed by atoms with E-state index in [0.717, 1.165) is 71.9 Å². The van der Waals surface area contributed by atoms with E-state index in [9.17, 15) is 0 Å². The average molecular weight is 691 g/mol. The molecule has 11 aromatic rings. The largest absolute Gasteiger partial charge is 0.454 e. The van der Waals surface area contributed by atoms with Crippen molar-refractivity contribution in [2.45, 2.75) is 0 Å². The predicted molar refractivity (Wildman–Crippen MR) is 221 cm³/mol. The Labute approximate surface area is 310 Å². The Morgan fingerprint density at radius 1 is 0.370 bits per heavy atom. The summed E-state index contributed by atoms with van der Waals surface area (Å²) < 4.78 is 9.22. The first-order valence-corrected chi connectivity index (χ1v) is 18.1. The number of hydrogen-bond donors (Lipinski definition) is 0. The van der Waals surface area contributed by atoms with Gasteiger partial charge < -0.3 is 8.98 Å². The summed E-state index contributed by atoms with van der Waals surface area (Å²) in [6.07, 6.45) is 0. The third-order valence-electron chi connectivity index (χ3n) is 10.4. The molecular formula is C49H30N4O. The summed E-state index contributed by atoms with van der Waals surface area (Å²) in [6, 6.07) is 63.2. The van der Waals surface area contributed by atoms with Crippen molar-refractivity contribution in [1.29, 1.82) is 0 Å². The molecule has 0 aliphatic rings. The molecule has 5 heteroatoms. The molecule has 0 radical (unpaired) electrons. The van der Waals surface area contributed by atoms with Crippen LogP contribution in [0.15, 0.2) is 186 Å². The van der Waals surface area contributed by atoms with E-state index in [2.05, 4.69) is 132 Å².